The largest absolute Gasteiger partial charge is 0.257 e. The summed E-state index contributed by atoms with van der Waals surface area (Å²) in [5.74, 6) is 0.871. The summed E-state index contributed by atoms with van der Waals surface area (Å²) in [6, 6.07) is 21.0. The van der Waals surface area contributed by atoms with Crippen LogP contribution in [-0.2, 0) is 6.42 Å². The van der Waals surface area contributed by atoms with Crippen LogP contribution in [0.5, 0.6) is 0 Å². The number of rotatable bonds is 5. The molecular weight excluding hydrogens is 244 g/mol. The number of nitrogens with zero attached hydrogens (tertiary/aromatic N) is 2. The normalized spacial score (nSPS) is 17.2. The van der Waals surface area contributed by atoms with Crippen molar-refractivity contribution in [3.63, 3.8) is 0 Å². The fourth-order valence-electron chi connectivity index (χ4n) is 2.42. The SMILES string of the molecule is C1=NC(c2ccccc2)=NC1CCCc1ccccc1. The smallest absolute Gasteiger partial charge is 0.154 e. The van der Waals surface area contributed by atoms with Gasteiger partial charge in [0.25, 0.3) is 0 Å². The molecule has 0 spiro atoms. The van der Waals surface area contributed by atoms with E-state index in [1.165, 1.54) is 5.56 Å². The molecule has 2 heteroatoms. The Morgan fingerprint density at radius 3 is 2.30 bits per heavy atom. The first kappa shape index (κ1) is 12.8. The quantitative estimate of drug-likeness (QED) is 0.780. The van der Waals surface area contributed by atoms with E-state index in [2.05, 4.69) is 52.4 Å². The minimum absolute atomic E-state index is 0.244. The highest BCUT2D eigenvalue weighted by atomic mass is 15.0. The van der Waals surface area contributed by atoms with Crippen molar-refractivity contribution in [1.29, 1.82) is 0 Å². The van der Waals surface area contributed by atoms with Crippen molar-refractivity contribution in [2.75, 3.05) is 0 Å². The van der Waals surface area contributed by atoms with Gasteiger partial charge in [0, 0.05) is 11.8 Å². The molecule has 2 nitrogen and oxygen atoms in total. The van der Waals surface area contributed by atoms with Crippen LogP contribution in [0.15, 0.2) is 70.6 Å². The molecule has 0 saturated carbocycles. The summed E-state index contributed by atoms with van der Waals surface area (Å²) >= 11 is 0. The Morgan fingerprint density at radius 1 is 0.850 bits per heavy atom. The Morgan fingerprint density at radius 2 is 1.55 bits per heavy atom. The van der Waals surface area contributed by atoms with Crippen LogP contribution in [0.1, 0.15) is 24.0 Å². The van der Waals surface area contributed by atoms with Crippen molar-refractivity contribution < 1.29 is 0 Å². The summed E-state index contributed by atoms with van der Waals surface area (Å²) < 4.78 is 0. The molecule has 1 heterocycles. The fraction of sp³-hybridized carbons (Fsp3) is 0.222. The van der Waals surface area contributed by atoms with Crippen LogP contribution < -0.4 is 0 Å². The Balaban J connectivity index is 1.53. The van der Waals surface area contributed by atoms with Crippen molar-refractivity contribution in [2.45, 2.75) is 25.3 Å². The molecule has 0 aromatic heterocycles. The lowest BCUT2D eigenvalue weighted by Crippen LogP contribution is -2.03. The monoisotopic (exact) mass is 262 g/mol. The van der Waals surface area contributed by atoms with Crippen molar-refractivity contribution in [3.05, 3.63) is 71.8 Å². The van der Waals surface area contributed by atoms with Crippen LogP contribution >= 0.6 is 0 Å². The molecule has 0 aliphatic carbocycles. The second-order valence-corrected chi connectivity index (χ2v) is 5.04. The summed E-state index contributed by atoms with van der Waals surface area (Å²) in [5.41, 5.74) is 2.50. The fourth-order valence-corrected chi connectivity index (χ4v) is 2.42. The Labute approximate surface area is 119 Å². The molecule has 1 aliphatic heterocycles. The summed E-state index contributed by atoms with van der Waals surface area (Å²) in [5, 5.41) is 0. The van der Waals surface area contributed by atoms with Crippen molar-refractivity contribution in [1.82, 2.24) is 0 Å². The van der Waals surface area contributed by atoms with E-state index in [-0.39, 0.29) is 6.04 Å². The van der Waals surface area contributed by atoms with Gasteiger partial charge in [0.15, 0.2) is 5.84 Å². The number of aliphatic imine (C=N–C) groups is 2. The van der Waals surface area contributed by atoms with Gasteiger partial charge in [-0.2, -0.15) is 0 Å². The second-order valence-electron chi connectivity index (χ2n) is 5.04. The zero-order chi connectivity index (χ0) is 13.6. The van der Waals surface area contributed by atoms with E-state index < -0.39 is 0 Å². The summed E-state index contributed by atoms with van der Waals surface area (Å²) in [6.07, 6.45) is 5.30. The molecule has 2 aromatic rings. The first-order valence-electron chi connectivity index (χ1n) is 7.13. The number of aryl methyl sites for hydroxylation is 1. The van der Waals surface area contributed by atoms with Crippen molar-refractivity contribution in [3.8, 4) is 0 Å². The number of benzene rings is 2. The molecule has 0 radical (unpaired) electrons. The number of hydrogen-bond acceptors (Lipinski definition) is 2. The third-order valence-corrected chi connectivity index (χ3v) is 3.50. The van der Waals surface area contributed by atoms with Gasteiger partial charge in [-0.05, 0) is 24.8 Å². The molecule has 0 amide bonds. The average Bonchev–Trinajstić information content (AvgIpc) is 2.98. The summed E-state index contributed by atoms with van der Waals surface area (Å²) in [7, 11) is 0. The maximum Gasteiger partial charge on any atom is 0.154 e. The first-order chi connectivity index (χ1) is 9.92. The minimum atomic E-state index is 0.244. The molecular formula is C18H18N2. The van der Waals surface area contributed by atoms with Crippen LogP contribution in [0.2, 0.25) is 0 Å². The van der Waals surface area contributed by atoms with Crippen LogP contribution in [-0.4, -0.2) is 18.1 Å². The lowest BCUT2D eigenvalue weighted by atomic mass is 10.1. The lowest BCUT2D eigenvalue weighted by molar-refractivity contribution is 0.702. The highest BCUT2D eigenvalue weighted by Crippen LogP contribution is 2.14. The Bertz CT molecular complexity index is 600. The first-order valence-corrected chi connectivity index (χ1v) is 7.13. The van der Waals surface area contributed by atoms with Gasteiger partial charge in [0.1, 0.15) is 0 Å². The van der Waals surface area contributed by atoms with Gasteiger partial charge in [-0.15, -0.1) is 0 Å². The van der Waals surface area contributed by atoms with Crippen LogP contribution in [0.25, 0.3) is 0 Å². The molecule has 1 atom stereocenters. The van der Waals surface area contributed by atoms with Gasteiger partial charge in [0.05, 0.1) is 6.04 Å². The molecule has 0 saturated heterocycles. The molecule has 20 heavy (non-hydrogen) atoms. The van der Waals surface area contributed by atoms with Gasteiger partial charge in [0.2, 0.25) is 0 Å². The number of amidine groups is 1. The average molecular weight is 262 g/mol. The zero-order valence-corrected chi connectivity index (χ0v) is 11.4. The van der Waals surface area contributed by atoms with E-state index >= 15 is 0 Å². The predicted molar refractivity (Wildman–Crippen MR) is 84.6 cm³/mol. The lowest BCUT2D eigenvalue weighted by Gasteiger charge is -2.04. The van der Waals surface area contributed by atoms with E-state index in [0.717, 1.165) is 30.7 Å². The van der Waals surface area contributed by atoms with Gasteiger partial charge in [-0.3, -0.25) is 4.99 Å². The van der Waals surface area contributed by atoms with E-state index in [9.17, 15) is 0 Å². The van der Waals surface area contributed by atoms with Gasteiger partial charge < -0.3 is 0 Å². The van der Waals surface area contributed by atoms with Crippen LogP contribution in [0.4, 0.5) is 0 Å². The van der Waals surface area contributed by atoms with Gasteiger partial charge in [-0.1, -0.05) is 60.7 Å². The topological polar surface area (TPSA) is 24.7 Å². The molecule has 100 valence electrons. The Hall–Kier alpha value is -2.22. The highest BCUT2D eigenvalue weighted by Gasteiger charge is 2.13. The van der Waals surface area contributed by atoms with E-state index in [1.54, 1.807) is 0 Å². The molecule has 3 rings (SSSR count). The van der Waals surface area contributed by atoms with E-state index in [4.69, 9.17) is 0 Å². The predicted octanol–water partition coefficient (Wildman–Crippen LogP) is 3.91. The highest BCUT2D eigenvalue weighted by molar-refractivity contribution is 6.07. The maximum atomic E-state index is 4.68. The standard InChI is InChI=1S/C18H18N2/c1-3-8-15(9-4-1)10-7-13-17-14-19-18(20-17)16-11-5-2-6-12-16/h1-6,8-9,11-12,14,17H,7,10,13H2. The maximum absolute atomic E-state index is 4.68. The van der Waals surface area contributed by atoms with E-state index in [1.807, 2.05) is 24.4 Å². The third-order valence-electron chi connectivity index (χ3n) is 3.50. The summed E-state index contributed by atoms with van der Waals surface area (Å²) in [6.45, 7) is 0. The van der Waals surface area contributed by atoms with Crippen molar-refractivity contribution >= 4 is 12.1 Å². The minimum Gasteiger partial charge on any atom is -0.257 e. The van der Waals surface area contributed by atoms with Crippen molar-refractivity contribution in [2.24, 2.45) is 9.98 Å². The molecule has 0 N–H and O–H groups in total. The van der Waals surface area contributed by atoms with Crippen LogP contribution in [0.3, 0.4) is 0 Å². The molecule has 0 bridgehead atoms. The van der Waals surface area contributed by atoms with Crippen LogP contribution in [0, 0.1) is 0 Å². The Kier molecular flexibility index (Phi) is 4.02. The molecule has 1 aliphatic rings. The zero-order valence-electron chi connectivity index (χ0n) is 11.4. The van der Waals surface area contributed by atoms with E-state index in [0.29, 0.717) is 0 Å². The summed E-state index contributed by atoms with van der Waals surface area (Å²) in [4.78, 5) is 9.12. The second kappa shape index (κ2) is 6.29. The molecule has 0 fully saturated rings. The third kappa shape index (κ3) is 3.21. The van der Waals surface area contributed by atoms with Gasteiger partial charge in [-0.25, -0.2) is 4.99 Å². The van der Waals surface area contributed by atoms with Gasteiger partial charge >= 0.3 is 0 Å². The molecule has 2 aromatic carbocycles. The molecule has 1 unspecified atom stereocenters. The number of hydrogen-bond donors (Lipinski definition) is 0.